The molecule has 0 aromatic heterocycles. The molecule has 1 aromatic carbocycles. The molecule has 0 unspecified atom stereocenters. The Labute approximate surface area is 71.7 Å². The monoisotopic (exact) mass is 164 g/mol. The van der Waals surface area contributed by atoms with Gasteiger partial charge in [-0.05, 0) is 18.6 Å². The molecule has 0 amide bonds. The molecule has 12 heavy (non-hydrogen) atoms. The molecule has 0 bridgehead atoms. The van der Waals surface area contributed by atoms with E-state index in [4.69, 9.17) is 15.9 Å². The summed E-state index contributed by atoms with van der Waals surface area (Å²) < 4.78 is 4.87. The van der Waals surface area contributed by atoms with Gasteiger partial charge >= 0.3 is 0 Å². The van der Waals surface area contributed by atoms with E-state index in [-0.39, 0.29) is 12.6 Å². The normalized spacial score (nSPS) is 9.50. The maximum absolute atomic E-state index is 7.47. The second-order valence-electron chi connectivity index (χ2n) is 2.46. The van der Waals surface area contributed by atoms with E-state index in [0.717, 1.165) is 11.1 Å². The van der Waals surface area contributed by atoms with Crippen LogP contribution in [0.2, 0.25) is 0 Å². The molecule has 0 fully saturated rings. The first-order chi connectivity index (χ1) is 5.75. The van der Waals surface area contributed by atoms with Crippen molar-refractivity contribution in [2.45, 2.75) is 6.92 Å². The van der Waals surface area contributed by atoms with Gasteiger partial charge in [-0.25, -0.2) is 0 Å². The van der Waals surface area contributed by atoms with Crippen molar-refractivity contribution < 1.29 is 4.74 Å². The molecular weight excluding hydrogens is 152 g/mol. The van der Waals surface area contributed by atoms with Crippen LogP contribution in [0.3, 0.4) is 0 Å². The van der Waals surface area contributed by atoms with Gasteiger partial charge in [-0.1, -0.05) is 18.2 Å². The van der Waals surface area contributed by atoms with E-state index in [1.54, 1.807) is 0 Å². The summed E-state index contributed by atoms with van der Waals surface area (Å²) in [6, 6.07) is 7.57. The van der Waals surface area contributed by atoms with Crippen LogP contribution in [0.4, 0.5) is 0 Å². The quantitative estimate of drug-likeness (QED) is 0.392. The number of aryl methyl sites for hydroxylation is 1. The van der Waals surface area contributed by atoms with Gasteiger partial charge in [0.25, 0.3) is 0 Å². The third-order valence-corrected chi connectivity index (χ3v) is 1.62. The average molecular weight is 164 g/mol. The first-order valence-corrected chi connectivity index (χ1v) is 3.73. The predicted octanol–water partition coefficient (Wildman–Crippen LogP) is 1.25. The highest BCUT2D eigenvalue weighted by molar-refractivity contribution is 5.92. The second-order valence-corrected chi connectivity index (χ2v) is 2.46. The zero-order chi connectivity index (χ0) is 8.97. The van der Waals surface area contributed by atoms with Crippen molar-refractivity contribution in [3.63, 3.8) is 0 Å². The number of hydrogen-bond donors (Lipinski definition) is 2. The van der Waals surface area contributed by atoms with E-state index in [2.05, 4.69) is 0 Å². The molecule has 0 saturated heterocycles. The van der Waals surface area contributed by atoms with Gasteiger partial charge in [-0.15, -0.1) is 0 Å². The Bertz CT molecular complexity index is 284. The summed E-state index contributed by atoms with van der Waals surface area (Å²) in [5.74, 6) is 0.135. The van der Waals surface area contributed by atoms with Crippen molar-refractivity contribution in [3.8, 4) is 0 Å². The summed E-state index contributed by atoms with van der Waals surface area (Å²) in [6.07, 6.45) is 0. The van der Waals surface area contributed by atoms with Gasteiger partial charge in [-0.2, -0.15) is 0 Å². The average Bonchev–Trinajstić information content (AvgIpc) is 2.05. The van der Waals surface area contributed by atoms with Gasteiger partial charge in [0.2, 0.25) is 5.90 Å². The summed E-state index contributed by atoms with van der Waals surface area (Å²) in [5, 5.41) is 7.47. The maximum atomic E-state index is 7.47. The first kappa shape index (κ1) is 8.74. The van der Waals surface area contributed by atoms with Crippen LogP contribution in [-0.4, -0.2) is 12.6 Å². The lowest BCUT2D eigenvalue weighted by Gasteiger charge is -2.06. The van der Waals surface area contributed by atoms with Gasteiger partial charge in [0, 0.05) is 5.56 Å². The Hall–Kier alpha value is -1.35. The molecule has 0 radical (unpaired) electrons. The molecule has 0 aliphatic heterocycles. The molecule has 0 heterocycles. The van der Waals surface area contributed by atoms with Crippen molar-refractivity contribution in [2.75, 3.05) is 6.73 Å². The molecule has 1 aromatic rings. The number of nitrogens with two attached hydrogens (primary N) is 1. The highest BCUT2D eigenvalue weighted by Crippen LogP contribution is 2.07. The third-order valence-electron chi connectivity index (χ3n) is 1.62. The van der Waals surface area contributed by atoms with Crippen molar-refractivity contribution in [3.05, 3.63) is 35.4 Å². The van der Waals surface area contributed by atoms with Gasteiger partial charge in [-0.3, -0.25) is 11.1 Å². The van der Waals surface area contributed by atoms with Crippen LogP contribution < -0.4 is 5.73 Å². The SMILES string of the molecule is Cc1ccccc1C(=N)OCN. The van der Waals surface area contributed by atoms with Crippen LogP contribution in [0.15, 0.2) is 24.3 Å². The minimum Gasteiger partial charge on any atom is -0.462 e. The van der Waals surface area contributed by atoms with Gasteiger partial charge in [0.1, 0.15) is 6.73 Å². The lowest BCUT2D eigenvalue weighted by molar-refractivity contribution is 0.315. The Morgan fingerprint density at radius 3 is 2.75 bits per heavy atom. The molecule has 3 heteroatoms. The van der Waals surface area contributed by atoms with E-state index in [0.29, 0.717) is 0 Å². The molecule has 0 atom stereocenters. The van der Waals surface area contributed by atoms with Crippen molar-refractivity contribution in [1.29, 1.82) is 5.41 Å². The minimum atomic E-state index is 0.0488. The summed E-state index contributed by atoms with van der Waals surface area (Å²) in [4.78, 5) is 0. The second kappa shape index (κ2) is 3.88. The molecule has 1 rings (SSSR count). The van der Waals surface area contributed by atoms with Gasteiger partial charge in [0.05, 0.1) is 0 Å². The summed E-state index contributed by atoms with van der Waals surface area (Å²) in [5.41, 5.74) is 6.97. The molecule has 0 aliphatic rings. The van der Waals surface area contributed by atoms with Gasteiger partial charge in [0.15, 0.2) is 0 Å². The maximum Gasteiger partial charge on any atom is 0.214 e. The lowest BCUT2D eigenvalue weighted by Crippen LogP contribution is -2.13. The van der Waals surface area contributed by atoms with E-state index >= 15 is 0 Å². The third kappa shape index (κ3) is 1.83. The molecule has 3 nitrogen and oxygen atoms in total. The lowest BCUT2D eigenvalue weighted by atomic mass is 10.1. The zero-order valence-corrected chi connectivity index (χ0v) is 7.00. The van der Waals surface area contributed by atoms with Crippen LogP contribution in [0.5, 0.6) is 0 Å². The van der Waals surface area contributed by atoms with E-state index in [9.17, 15) is 0 Å². The van der Waals surface area contributed by atoms with Crippen molar-refractivity contribution in [2.24, 2.45) is 5.73 Å². The Morgan fingerprint density at radius 1 is 1.50 bits per heavy atom. The highest BCUT2D eigenvalue weighted by atomic mass is 16.5. The molecule has 0 saturated carbocycles. The number of benzene rings is 1. The van der Waals surface area contributed by atoms with E-state index in [1.807, 2.05) is 31.2 Å². The van der Waals surface area contributed by atoms with Crippen LogP contribution in [0, 0.1) is 12.3 Å². The Morgan fingerprint density at radius 2 is 2.17 bits per heavy atom. The highest BCUT2D eigenvalue weighted by Gasteiger charge is 2.03. The summed E-state index contributed by atoms with van der Waals surface area (Å²) >= 11 is 0. The Kier molecular flexibility index (Phi) is 2.82. The topological polar surface area (TPSA) is 59.1 Å². The largest absolute Gasteiger partial charge is 0.462 e. The molecule has 3 N–H and O–H groups in total. The molecule has 0 aliphatic carbocycles. The van der Waals surface area contributed by atoms with Crippen molar-refractivity contribution in [1.82, 2.24) is 0 Å². The van der Waals surface area contributed by atoms with Crippen molar-refractivity contribution >= 4 is 5.90 Å². The summed E-state index contributed by atoms with van der Waals surface area (Å²) in [6.45, 7) is 1.98. The predicted molar refractivity (Wildman–Crippen MR) is 48.1 cm³/mol. The summed E-state index contributed by atoms with van der Waals surface area (Å²) in [7, 11) is 0. The molecule has 64 valence electrons. The zero-order valence-electron chi connectivity index (χ0n) is 7.00. The molecular formula is C9H12N2O. The van der Waals surface area contributed by atoms with Crippen LogP contribution >= 0.6 is 0 Å². The number of hydrogen-bond acceptors (Lipinski definition) is 3. The van der Waals surface area contributed by atoms with E-state index in [1.165, 1.54) is 0 Å². The van der Waals surface area contributed by atoms with Crippen LogP contribution in [0.1, 0.15) is 11.1 Å². The first-order valence-electron chi connectivity index (χ1n) is 3.73. The fourth-order valence-electron chi connectivity index (χ4n) is 0.989. The Balaban J connectivity index is 2.87. The standard InChI is InChI=1S/C9H12N2O/c1-7-4-2-3-5-8(7)9(11)12-6-10/h2-5,11H,6,10H2,1H3. The molecule has 0 spiro atoms. The van der Waals surface area contributed by atoms with Crippen LogP contribution in [-0.2, 0) is 4.74 Å². The number of rotatable bonds is 2. The van der Waals surface area contributed by atoms with Gasteiger partial charge < -0.3 is 4.74 Å². The number of nitrogens with one attached hydrogen (secondary N) is 1. The minimum absolute atomic E-state index is 0.0488. The fourth-order valence-corrected chi connectivity index (χ4v) is 0.989. The number of ether oxygens (including phenoxy) is 1. The van der Waals surface area contributed by atoms with Crippen LogP contribution in [0.25, 0.3) is 0 Å². The smallest absolute Gasteiger partial charge is 0.214 e. The fraction of sp³-hybridized carbons (Fsp3) is 0.222. The van der Waals surface area contributed by atoms with E-state index < -0.39 is 0 Å².